The van der Waals surface area contributed by atoms with Crippen molar-refractivity contribution in [3.8, 4) is 0 Å². The van der Waals surface area contributed by atoms with Gasteiger partial charge in [-0.15, -0.1) is 0 Å². The van der Waals surface area contributed by atoms with Gasteiger partial charge in [0.1, 0.15) is 10.7 Å². The minimum absolute atomic E-state index is 0.0323. The molecule has 0 spiro atoms. The Kier molecular flexibility index (Phi) is 4.53. The van der Waals surface area contributed by atoms with Crippen LogP contribution in [0.2, 0.25) is 5.02 Å². The Balaban J connectivity index is 2.26. The fourth-order valence-electron chi connectivity index (χ4n) is 2.37. The van der Waals surface area contributed by atoms with Gasteiger partial charge in [-0.3, -0.25) is 0 Å². The smallest absolute Gasteiger partial charge is 0.244 e. The first kappa shape index (κ1) is 15.5. The first-order valence-corrected chi connectivity index (χ1v) is 8.22. The van der Waals surface area contributed by atoms with Gasteiger partial charge in [0.05, 0.1) is 5.02 Å². The number of pyridine rings is 1. The van der Waals surface area contributed by atoms with Crippen LogP contribution in [0.15, 0.2) is 17.2 Å². The molecule has 0 amide bonds. The van der Waals surface area contributed by atoms with Crippen LogP contribution in [0, 0.1) is 0 Å². The summed E-state index contributed by atoms with van der Waals surface area (Å²) in [5.74, 6) is 0.130. The van der Waals surface area contributed by atoms with Gasteiger partial charge in [0.25, 0.3) is 0 Å². The van der Waals surface area contributed by atoms with Crippen LogP contribution in [0.3, 0.4) is 0 Å². The molecule has 2 heterocycles. The van der Waals surface area contributed by atoms with Gasteiger partial charge in [0, 0.05) is 25.8 Å². The molecule has 8 heteroatoms. The van der Waals surface area contributed by atoms with E-state index in [9.17, 15) is 8.42 Å². The lowest BCUT2D eigenvalue weighted by Gasteiger charge is -2.35. The average Bonchev–Trinajstić information content (AvgIpc) is 2.40. The fraction of sp³-hybridized carbons (Fsp3) is 0.583. The van der Waals surface area contributed by atoms with Gasteiger partial charge in [-0.05, 0) is 32.5 Å². The Hall–Kier alpha value is -0.890. The maximum Gasteiger partial charge on any atom is 0.244 e. The van der Waals surface area contributed by atoms with Crippen molar-refractivity contribution in [2.75, 3.05) is 32.9 Å². The molecule has 2 N–H and O–H groups in total. The highest BCUT2D eigenvalue weighted by atomic mass is 35.5. The van der Waals surface area contributed by atoms with Crippen LogP contribution in [0.1, 0.15) is 12.8 Å². The zero-order chi connectivity index (χ0) is 14.9. The van der Waals surface area contributed by atoms with Gasteiger partial charge >= 0.3 is 0 Å². The topological polar surface area (TPSA) is 79.5 Å². The third kappa shape index (κ3) is 3.06. The molecule has 0 radical (unpaired) electrons. The van der Waals surface area contributed by atoms with E-state index in [1.54, 1.807) is 7.05 Å². The molecule has 1 aromatic heterocycles. The first-order chi connectivity index (χ1) is 9.32. The molecule has 20 heavy (non-hydrogen) atoms. The summed E-state index contributed by atoms with van der Waals surface area (Å²) >= 11 is 5.85. The lowest BCUT2D eigenvalue weighted by molar-refractivity contribution is 0.187. The summed E-state index contributed by atoms with van der Waals surface area (Å²) in [6, 6.07) is 1.32. The van der Waals surface area contributed by atoms with Crippen molar-refractivity contribution in [2.45, 2.75) is 23.8 Å². The normalized spacial score (nSPS) is 21.3. The molecule has 2 rings (SSSR count). The summed E-state index contributed by atoms with van der Waals surface area (Å²) in [4.78, 5) is 6.03. The molecule has 6 nitrogen and oxygen atoms in total. The summed E-state index contributed by atoms with van der Waals surface area (Å²) in [7, 11) is -0.00221. The number of hydrogen-bond donors (Lipinski definition) is 1. The number of nitrogen functional groups attached to an aromatic ring is 1. The highest BCUT2D eigenvalue weighted by molar-refractivity contribution is 7.89. The second-order valence-electron chi connectivity index (χ2n) is 5.12. The van der Waals surface area contributed by atoms with Crippen LogP contribution in [-0.4, -0.2) is 55.8 Å². The molecular formula is C12H19ClN4O2S. The number of piperidine rings is 1. The standard InChI is InChI=1S/C12H19ClN4O2S/c1-16-5-3-4-9(8-16)17(2)20(18,19)10-6-11(13)12(14)15-7-10/h6-7,9H,3-5,8H2,1-2H3,(H2,14,15). The number of aromatic nitrogens is 1. The molecule has 1 saturated heterocycles. The largest absolute Gasteiger partial charge is 0.382 e. The first-order valence-electron chi connectivity index (χ1n) is 6.40. The Morgan fingerprint density at radius 3 is 2.85 bits per heavy atom. The zero-order valence-electron chi connectivity index (χ0n) is 11.6. The number of likely N-dealkylation sites (tertiary alicyclic amines) is 1. The lowest BCUT2D eigenvalue weighted by Crippen LogP contribution is -2.47. The third-order valence-corrected chi connectivity index (χ3v) is 5.81. The van der Waals surface area contributed by atoms with Crippen molar-refractivity contribution in [1.29, 1.82) is 0 Å². The molecule has 1 aliphatic heterocycles. The molecule has 0 saturated carbocycles. The number of nitrogens with zero attached hydrogens (tertiary/aromatic N) is 3. The zero-order valence-corrected chi connectivity index (χ0v) is 13.2. The van der Waals surface area contributed by atoms with Gasteiger partial charge in [-0.25, -0.2) is 13.4 Å². The Labute approximate surface area is 124 Å². The molecule has 1 unspecified atom stereocenters. The second kappa shape index (κ2) is 5.85. The van der Waals surface area contributed by atoms with Crippen molar-refractivity contribution in [3.05, 3.63) is 17.3 Å². The van der Waals surface area contributed by atoms with Gasteiger partial charge < -0.3 is 10.6 Å². The Morgan fingerprint density at radius 2 is 2.25 bits per heavy atom. The van der Waals surface area contributed by atoms with Crippen LogP contribution in [0.25, 0.3) is 0 Å². The van der Waals surface area contributed by atoms with Gasteiger partial charge in [0.2, 0.25) is 10.0 Å². The van der Waals surface area contributed by atoms with E-state index in [1.807, 2.05) is 7.05 Å². The highest BCUT2D eigenvalue weighted by Gasteiger charge is 2.31. The van der Waals surface area contributed by atoms with E-state index in [1.165, 1.54) is 16.6 Å². The number of sulfonamides is 1. The van der Waals surface area contributed by atoms with E-state index < -0.39 is 10.0 Å². The van der Waals surface area contributed by atoms with E-state index in [4.69, 9.17) is 17.3 Å². The van der Waals surface area contributed by atoms with E-state index >= 15 is 0 Å². The molecule has 0 aliphatic carbocycles. The van der Waals surface area contributed by atoms with Crippen LogP contribution in [-0.2, 0) is 10.0 Å². The van der Waals surface area contributed by atoms with Crippen LogP contribution >= 0.6 is 11.6 Å². The average molecular weight is 319 g/mol. The summed E-state index contributed by atoms with van der Waals surface area (Å²) in [6.07, 6.45) is 3.09. The number of hydrogen-bond acceptors (Lipinski definition) is 5. The molecule has 0 aromatic carbocycles. The maximum atomic E-state index is 12.6. The quantitative estimate of drug-likeness (QED) is 0.900. The van der Waals surface area contributed by atoms with Crippen LogP contribution in [0.4, 0.5) is 5.82 Å². The van der Waals surface area contributed by atoms with E-state index in [0.29, 0.717) is 0 Å². The van der Waals surface area contributed by atoms with Crippen LogP contribution < -0.4 is 5.73 Å². The molecule has 0 bridgehead atoms. The number of likely N-dealkylation sites (N-methyl/N-ethyl adjacent to an activating group) is 2. The van der Waals surface area contributed by atoms with Crippen molar-refractivity contribution in [2.24, 2.45) is 0 Å². The molecule has 1 fully saturated rings. The van der Waals surface area contributed by atoms with Crippen molar-refractivity contribution in [3.63, 3.8) is 0 Å². The van der Waals surface area contributed by atoms with E-state index in [0.717, 1.165) is 25.9 Å². The molecule has 1 aromatic rings. The summed E-state index contributed by atoms with van der Waals surface area (Å²) < 4.78 is 26.5. The fourth-order valence-corrected chi connectivity index (χ4v) is 3.95. The second-order valence-corrected chi connectivity index (χ2v) is 7.52. The minimum atomic E-state index is -3.60. The van der Waals surface area contributed by atoms with Crippen molar-refractivity contribution >= 4 is 27.4 Å². The molecular weight excluding hydrogens is 300 g/mol. The number of rotatable bonds is 3. The minimum Gasteiger partial charge on any atom is -0.382 e. The van der Waals surface area contributed by atoms with Gasteiger partial charge in [-0.1, -0.05) is 11.6 Å². The third-order valence-electron chi connectivity index (χ3n) is 3.64. The highest BCUT2D eigenvalue weighted by Crippen LogP contribution is 2.25. The molecule has 112 valence electrons. The Morgan fingerprint density at radius 1 is 1.55 bits per heavy atom. The maximum absolute atomic E-state index is 12.6. The predicted octanol–water partition coefficient (Wildman–Crippen LogP) is 1.03. The van der Waals surface area contributed by atoms with Crippen molar-refractivity contribution < 1.29 is 8.42 Å². The van der Waals surface area contributed by atoms with Gasteiger partial charge in [-0.2, -0.15) is 4.31 Å². The predicted molar refractivity (Wildman–Crippen MR) is 79.1 cm³/mol. The summed E-state index contributed by atoms with van der Waals surface area (Å²) in [6.45, 7) is 1.73. The Bertz CT molecular complexity index is 593. The number of halogens is 1. The van der Waals surface area contributed by atoms with E-state index in [2.05, 4.69) is 9.88 Å². The lowest BCUT2D eigenvalue weighted by atomic mass is 10.1. The summed E-state index contributed by atoms with van der Waals surface area (Å²) in [5.41, 5.74) is 5.51. The molecule has 1 atom stereocenters. The molecule has 1 aliphatic rings. The van der Waals surface area contributed by atoms with Crippen LogP contribution in [0.5, 0.6) is 0 Å². The van der Waals surface area contributed by atoms with Gasteiger partial charge in [0.15, 0.2) is 0 Å². The number of anilines is 1. The van der Waals surface area contributed by atoms with E-state index in [-0.39, 0.29) is 21.8 Å². The number of nitrogens with two attached hydrogens (primary N) is 1. The van der Waals surface area contributed by atoms with Crippen molar-refractivity contribution in [1.82, 2.24) is 14.2 Å². The monoisotopic (exact) mass is 318 g/mol. The SMILES string of the molecule is CN1CCCC(N(C)S(=O)(=O)c2cnc(N)c(Cl)c2)C1. The summed E-state index contributed by atoms with van der Waals surface area (Å²) in [5, 5.41) is 0.153.